The van der Waals surface area contributed by atoms with Crippen LogP contribution in [0.25, 0.3) is 0 Å². The number of carbonyl (C=O) groups excluding carboxylic acids is 2. The predicted octanol–water partition coefficient (Wildman–Crippen LogP) is 3.15. The molecule has 1 aromatic carbocycles. The summed E-state index contributed by atoms with van der Waals surface area (Å²) in [5, 5.41) is 0. The Hall–Kier alpha value is -1.84. The van der Waals surface area contributed by atoms with Crippen molar-refractivity contribution < 1.29 is 9.59 Å². The molecule has 2 amide bonds. The van der Waals surface area contributed by atoms with Crippen molar-refractivity contribution in [1.82, 2.24) is 4.90 Å². The van der Waals surface area contributed by atoms with Gasteiger partial charge >= 0.3 is 0 Å². The fourth-order valence-corrected chi connectivity index (χ4v) is 3.69. The zero-order chi connectivity index (χ0) is 16.2. The van der Waals surface area contributed by atoms with Crippen molar-refractivity contribution in [3.8, 4) is 0 Å². The summed E-state index contributed by atoms with van der Waals surface area (Å²) in [6.07, 6.45) is 8.08. The van der Waals surface area contributed by atoms with E-state index in [9.17, 15) is 9.59 Å². The molecule has 1 aliphatic heterocycles. The number of anilines is 1. The molecule has 0 radical (unpaired) electrons. The van der Waals surface area contributed by atoms with Crippen LogP contribution in [0.15, 0.2) is 24.3 Å². The number of nitrogens with zero attached hydrogens (tertiary/aromatic N) is 2. The minimum absolute atomic E-state index is 0.196. The molecule has 23 heavy (non-hydrogen) atoms. The molecule has 0 atom stereocenters. The highest BCUT2D eigenvalue weighted by molar-refractivity contribution is 5.95. The van der Waals surface area contributed by atoms with E-state index in [1.807, 2.05) is 41.1 Å². The predicted molar refractivity (Wildman–Crippen MR) is 91.4 cm³/mol. The van der Waals surface area contributed by atoms with E-state index >= 15 is 0 Å². The molecule has 124 valence electrons. The van der Waals surface area contributed by atoms with Gasteiger partial charge in [0, 0.05) is 31.7 Å². The first-order chi connectivity index (χ1) is 11.1. The summed E-state index contributed by atoms with van der Waals surface area (Å²) in [6.45, 7) is 0.807. The van der Waals surface area contributed by atoms with E-state index in [1.54, 1.807) is 0 Å². The van der Waals surface area contributed by atoms with Crippen LogP contribution >= 0.6 is 0 Å². The Balaban J connectivity index is 1.59. The molecule has 1 heterocycles. The largest absolute Gasteiger partial charge is 0.342 e. The third kappa shape index (κ3) is 3.74. The van der Waals surface area contributed by atoms with Gasteiger partial charge in [-0.15, -0.1) is 0 Å². The summed E-state index contributed by atoms with van der Waals surface area (Å²) in [5.74, 6) is 0.396. The van der Waals surface area contributed by atoms with Crippen LogP contribution in [0.4, 0.5) is 5.69 Å². The second-order valence-electron chi connectivity index (χ2n) is 6.79. The van der Waals surface area contributed by atoms with Gasteiger partial charge in [-0.2, -0.15) is 0 Å². The number of rotatable bonds is 4. The summed E-state index contributed by atoms with van der Waals surface area (Å²) in [7, 11) is 1.94. The second kappa shape index (κ2) is 7.16. The van der Waals surface area contributed by atoms with Gasteiger partial charge in [0.25, 0.3) is 0 Å². The average molecular weight is 314 g/mol. The van der Waals surface area contributed by atoms with Crippen LogP contribution in [0.3, 0.4) is 0 Å². The first kappa shape index (κ1) is 16.0. The number of hydrogen-bond donors (Lipinski definition) is 0. The number of hydrogen-bond acceptors (Lipinski definition) is 2. The maximum atomic E-state index is 12.5. The van der Waals surface area contributed by atoms with Crippen molar-refractivity contribution in [2.24, 2.45) is 0 Å². The third-order valence-corrected chi connectivity index (χ3v) is 5.19. The molecule has 0 N–H and O–H groups in total. The fourth-order valence-electron chi connectivity index (χ4n) is 3.69. The summed E-state index contributed by atoms with van der Waals surface area (Å²) in [4.78, 5) is 28.0. The van der Waals surface area contributed by atoms with Crippen molar-refractivity contribution >= 4 is 17.5 Å². The van der Waals surface area contributed by atoms with Gasteiger partial charge < -0.3 is 9.80 Å². The zero-order valence-corrected chi connectivity index (χ0v) is 14.0. The Labute approximate surface area is 138 Å². The van der Waals surface area contributed by atoms with Gasteiger partial charge in [0.05, 0.1) is 6.42 Å². The first-order valence-electron chi connectivity index (χ1n) is 8.80. The van der Waals surface area contributed by atoms with Crippen LogP contribution < -0.4 is 4.90 Å². The van der Waals surface area contributed by atoms with E-state index in [4.69, 9.17) is 0 Å². The van der Waals surface area contributed by atoms with E-state index in [-0.39, 0.29) is 11.8 Å². The molecule has 1 aromatic rings. The molecule has 0 spiro atoms. The highest BCUT2D eigenvalue weighted by atomic mass is 16.2. The molecule has 0 unspecified atom stereocenters. The van der Waals surface area contributed by atoms with Gasteiger partial charge in [0.1, 0.15) is 0 Å². The number of likely N-dealkylation sites (N-methyl/N-ethyl adjacent to an activating group) is 1. The maximum absolute atomic E-state index is 12.5. The first-order valence-corrected chi connectivity index (χ1v) is 8.80. The minimum Gasteiger partial charge on any atom is -0.342 e. The molecular weight excluding hydrogens is 288 g/mol. The maximum Gasteiger partial charge on any atom is 0.227 e. The van der Waals surface area contributed by atoms with Crippen LogP contribution in [0, 0.1) is 0 Å². The SMILES string of the molecule is CN(C(=O)Cc1ccc(N2CCCC2=O)cc1)C1CCCCC1. The van der Waals surface area contributed by atoms with Crippen molar-refractivity contribution in [3.05, 3.63) is 29.8 Å². The van der Waals surface area contributed by atoms with Crippen molar-refractivity contribution in [2.45, 2.75) is 57.4 Å². The Morgan fingerprint density at radius 1 is 1.13 bits per heavy atom. The van der Waals surface area contributed by atoms with E-state index in [0.29, 0.717) is 18.9 Å². The summed E-state index contributed by atoms with van der Waals surface area (Å²) >= 11 is 0. The Morgan fingerprint density at radius 2 is 1.83 bits per heavy atom. The molecule has 1 aliphatic carbocycles. The van der Waals surface area contributed by atoms with Crippen molar-refractivity contribution in [1.29, 1.82) is 0 Å². The summed E-state index contributed by atoms with van der Waals surface area (Å²) in [6, 6.07) is 8.30. The lowest BCUT2D eigenvalue weighted by molar-refractivity contribution is -0.131. The highest BCUT2D eigenvalue weighted by Gasteiger charge is 2.23. The topological polar surface area (TPSA) is 40.6 Å². The molecule has 3 rings (SSSR count). The Bertz CT molecular complexity index is 561. The van der Waals surface area contributed by atoms with E-state index < -0.39 is 0 Å². The molecule has 2 fully saturated rings. The van der Waals surface area contributed by atoms with E-state index in [1.165, 1.54) is 19.3 Å². The van der Waals surface area contributed by atoms with Crippen LogP contribution in [0.5, 0.6) is 0 Å². The smallest absolute Gasteiger partial charge is 0.227 e. The second-order valence-corrected chi connectivity index (χ2v) is 6.79. The molecule has 2 aliphatic rings. The van der Waals surface area contributed by atoms with Gasteiger partial charge in [0.15, 0.2) is 0 Å². The molecule has 0 bridgehead atoms. The summed E-state index contributed by atoms with van der Waals surface area (Å²) in [5.41, 5.74) is 1.97. The normalized spacial score (nSPS) is 19.2. The molecule has 1 saturated heterocycles. The van der Waals surface area contributed by atoms with Crippen LogP contribution in [0.2, 0.25) is 0 Å². The lowest BCUT2D eigenvalue weighted by atomic mass is 9.94. The highest BCUT2D eigenvalue weighted by Crippen LogP contribution is 2.24. The van der Waals surface area contributed by atoms with Gasteiger partial charge in [-0.25, -0.2) is 0 Å². The molecular formula is C19H26N2O2. The summed E-state index contributed by atoms with van der Waals surface area (Å²) < 4.78 is 0. The standard InChI is InChI=1S/C19H26N2O2/c1-20(16-6-3-2-4-7-16)19(23)14-15-9-11-17(12-10-15)21-13-5-8-18(21)22/h9-12,16H,2-8,13-14H2,1H3. The van der Waals surface area contributed by atoms with E-state index in [0.717, 1.165) is 37.1 Å². The third-order valence-electron chi connectivity index (χ3n) is 5.19. The van der Waals surface area contributed by atoms with Gasteiger partial charge in [0.2, 0.25) is 11.8 Å². The average Bonchev–Trinajstić information content (AvgIpc) is 3.01. The van der Waals surface area contributed by atoms with Gasteiger partial charge in [-0.3, -0.25) is 9.59 Å². The van der Waals surface area contributed by atoms with Gasteiger partial charge in [-0.1, -0.05) is 31.4 Å². The Kier molecular flexibility index (Phi) is 4.99. The van der Waals surface area contributed by atoms with E-state index in [2.05, 4.69) is 0 Å². The van der Waals surface area contributed by atoms with Crippen LogP contribution in [0.1, 0.15) is 50.5 Å². The minimum atomic E-state index is 0.196. The fraction of sp³-hybridized carbons (Fsp3) is 0.579. The van der Waals surface area contributed by atoms with Crippen LogP contribution in [-0.2, 0) is 16.0 Å². The number of amides is 2. The molecule has 0 aromatic heterocycles. The van der Waals surface area contributed by atoms with Gasteiger partial charge in [-0.05, 0) is 37.0 Å². The monoisotopic (exact) mass is 314 g/mol. The van der Waals surface area contributed by atoms with Crippen molar-refractivity contribution in [2.75, 3.05) is 18.5 Å². The zero-order valence-electron chi connectivity index (χ0n) is 14.0. The molecule has 4 heteroatoms. The lowest BCUT2D eigenvalue weighted by Gasteiger charge is -2.31. The molecule has 1 saturated carbocycles. The van der Waals surface area contributed by atoms with Crippen molar-refractivity contribution in [3.63, 3.8) is 0 Å². The number of benzene rings is 1. The lowest BCUT2D eigenvalue weighted by Crippen LogP contribution is -2.39. The van der Waals surface area contributed by atoms with Crippen LogP contribution in [-0.4, -0.2) is 36.3 Å². The quantitative estimate of drug-likeness (QED) is 0.856. The Morgan fingerprint density at radius 3 is 2.43 bits per heavy atom. The number of carbonyl (C=O) groups is 2. The molecule has 4 nitrogen and oxygen atoms in total.